The van der Waals surface area contributed by atoms with Crippen molar-refractivity contribution in [3.05, 3.63) is 112 Å². The Morgan fingerprint density at radius 2 is 1.79 bits per heavy atom. The van der Waals surface area contributed by atoms with Gasteiger partial charge < -0.3 is 4.74 Å². The molecule has 0 bridgehead atoms. The fourth-order valence-corrected chi connectivity index (χ4v) is 3.22. The van der Waals surface area contributed by atoms with Crippen molar-refractivity contribution < 1.29 is 4.74 Å². The Labute approximate surface area is 191 Å². The number of anilines is 1. The third-order valence-corrected chi connectivity index (χ3v) is 4.82. The summed E-state index contributed by atoms with van der Waals surface area (Å²) in [7, 11) is 0. The largest absolute Gasteiger partial charge is 0.493 e. The quantitative estimate of drug-likeness (QED) is 0.316. The van der Waals surface area contributed by atoms with Crippen LogP contribution in [0.2, 0.25) is 0 Å². The number of benzene rings is 3. The van der Waals surface area contributed by atoms with Crippen LogP contribution < -0.4 is 15.7 Å². The lowest BCUT2D eigenvalue weighted by molar-refractivity contribution is 0.322. The number of nitrogens with zero attached hydrogens (tertiary/aromatic N) is 3. The molecular weight excluding hydrogens is 414 g/mol. The molecule has 0 aliphatic heterocycles. The molecule has 162 valence electrons. The van der Waals surface area contributed by atoms with E-state index in [-0.39, 0.29) is 11.5 Å². The lowest BCUT2D eigenvalue weighted by atomic mass is 10.1. The van der Waals surface area contributed by atoms with Crippen LogP contribution in [0.4, 0.5) is 5.95 Å². The summed E-state index contributed by atoms with van der Waals surface area (Å²) in [6, 6.07) is 28.7. The summed E-state index contributed by atoms with van der Waals surface area (Å²) in [5.41, 5.74) is 5.17. The molecule has 1 heterocycles. The molecule has 4 rings (SSSR count). The van der Waals surface area contributed by atoms with Crippen molar-refractivity contribution >= 4 is 12.2 Å². The van der Waals surface area contributed by atoms with Crippen LogP contribution in [0.5, 0.6) is 5.75 Å². The molecule has 0 unspecified atom stereocenters. The number of nitriles is 1. The molecule has 7 heteroatoms. The smallest absolute Gasteiger partial charge is 0.270 e. The van der Waals surface area contributed by atoms with Gasteiger partial charge in [0.25, 0.3) is 5.56 Å². The number of H-pyrrole nitrogens is 1. The summed E-state index contributed by atoms with van der Waals surface area (Å²) in [5, 5.41) is 13.5. The Kier molecular flexibility index (Phi) is 6.88. The van der Waals surface area contributed by atoms with Crippen LogP contribution in [-0.2, 0) is 6.42 Å². The normalized spacial score (nSPS) is 10.6. The summed E-state index contributed by atoms with van der Waals surface area (Å²) in [6.07, 6.45) is 2.42. The van der Waals surface area contributed by atoms with Crippen LogP contribution in [-0.4, -0.2) is 22.8 Å². The summed E-state index contributed by atoms with van der Waals surface area (Å²) in [5.74, 6) is 0.885. The van der Waals surface area contributed by atoms with Gasteiger partial charge in [-0.05, 0) is 23.3 Å². The van der Waals surface area contributed by atoms with Crippen LogP contribution in [0, 0.1) is 11.3 Å². The molecule has 4 aromatic rings. The third kappa shape index (κ3) is 5.71. The van der Waals surface area contributed by atoms with Gasteiger partial charge in [0.1, 0.15) is 17.4 Å². The molecule has 1 aromatic heterocycles. The maximum Gasteiger partial charge on any atom is 0.270 e. The van der Waals surface area contributed by atoms with Crippen LogP contribution in [0.25, 0.3) is 11.3 Å². The Balaban J connectivity index is 1.43. The number of aromatic amines is 1. The fraction of sp³-hybridized carbons (Fsp3) is 0.0769. The predicted molar refractivity (Wildman–Crippen MR) is 128 cm³/mol. The molecule has 0 amide bonds. The first kappa shape index (κ1) is 21.5. The number of rotatable bonds is 8. The fourth-order valence-electron chi connectivity index (χ4n) is 3.22. The lowest BCUT2D eigenvalue weighted by Crippen LogP contribution is -2.16. The number of hydrogen-bond acceptors (Lipinski definition) is 6. The van der Waals surface area contributed by atoms with E-state index in [1.54, 1.807) is 18.3 Å². The van der Waals surface area contributed by atoms with Crippen LogP contribution >= 0.6 is 0 Å². The maximum atomic E-state index is 12.3. The summed E-state index contributed by atoms with van der Waals surface area (Å²) in [4.78, 5) is 19.2. The molecule has 7 nitrogen and oxygen atoms in total. The number of hydrazone groups is 1. The molecule has 0 saturated carbocycles. The van der Waals surface area contributed by atoms with Crippen molar-refractivity contribution in [1.29, 1.82) is 5.26 Å². The summed E-state index contributed by atoms with van der Waals surface area (Å²) >= 11 is 0. The highest BCUT2D eigenvalue weighted by molar-refractivity contribution is 5.80. The third-order valence-electron chi connectivity index (χ3n) is 4.82. The number of hydrogen-bond donors (Lipinski definition) is 2. The van der Waals surface area contributed by atoms with E-state index in [0.717, 1.165) is 17.7 Å². The summed E-state index contributed by atoms with van der Waals surface area (Å²) < 4.78 is 5.85. The monoisotopic (exact) mass is 435 g/mol. The van der Waals surface area contributed by atoms with E-state index in [1.807, 2.05) is 66.7 Å². The van der Waals surface area contributed by atoms with E-state index in [1.165, 1.54) is 5.56 Å². The van der Waals surface area contributed by atoms with E-state index < -0.39 is 5.56 Å². The zero-order chi connectivity index (χ0) is 22.9. The second kappa shape index (κ2) is 10.6. The highest BCUT2D eigenvalue weighted by Gasteiger charge is 2.12. The first-order valence-electron chi connectivity index (χ1n) is 10.4. The molecule has 2 N–H and O–H groups in total. The highest BCUT2D eigenvalue weighted by atomic mass is 16.5. The number of nitrogens with one attached hydrogen (secondary N) is 2. The molecule has 33 heavy (non-hydrogen) atoms. The average Bonchev–Trinajstić information content (AvgIpc) is 2.85. The van der Waals surface area contributed by atoms with Crippen molar-refractivity contribution in [2.45, 2.75) is 6.42 Å². The van der Waals surface area contributed by atoms with Crippen molar-refractivity contribution in [1.82, 2.24) is 9.97 Å². The lowest BCUT2D eigenvalue weighted by Gasteiger charge is -2.07. The van der Waals surface area contributed by atoms with E-state index in [0.29, 0.717) is 17.9 Å². The molecule has 0 fully saturated rings. The van der Waals surface area contributed by atoms with Gasteiger partial charge in [-0.1, -0.05) is 72.8 Å². The maximum absolute atomic E-state index is 12.3. The van der Waals surface area contributed by atoms with Gasteiger partial charge in [-0.3, -0.25) is 9.78 Å². The number of ether oxygens (including phenoxy) is 1. The van der Waals surface area contributed by atoms with Gasteiger partial charge in [-0.15, -0.1) is 0 Å². The predicted octanol–water partition coefficient (Wildman–Crippen LogP) is 4.38. The molecule has 0 aliphatic carbocycles. The molecule has 0 saturated heterocycles. The second-order valence-electron chi connectivity index (χ2n) is 7.14. The topological polar surface area (TPSA) is 103 Å². The van der Waals surface area contributed by atoms with Crippen LogP contribution in [0.15, 0.2) is 94.8 Å². The highest BCUT2D eigenvalue weighted by Crippen LogP contribution is 2.19. The molecule has 0 aliphatic rings. The Morgan fingerprint density at radius 1 is 1.03 bits per heavy atom. The molecule has 0 spiro atoms. The zero-order valence-electron chi connectivity index (χ0n) is 17.7. The minimum Gasteiger partial charge on any atom is -0.493 e. The van der Waals surface area contributed by atoms with Gasteiger partial charge in [0, 0.05) is 12.0 Å². The standard InChI is InChI=1S/C26H21N5O2/c27-17-23-24(21-11-5-2-6-12-21)29-26(30-25(23)32)31-28-18-20-10-7-13-22(16-20)33-15-14-19-8-3-1-4-9-19/h1-13,16,18H,14-15H2,(H2,29,30,31,32). The Hall–Kier alpha value is -4.70. The van der Waals surface area contributed by atoms with Gasteiger partial charge in [0.15, 0.2) is 0 Å². The molecule has 0 radical (unpaired) electrons. The average molecular weight is 435 g/mol. The minimum absolute atomic E-state index is 0.0453. The van der Waals surface area contributed by atoms with Gasteiger partial charge in [0.2, 0.25) is 5.95 Å². The van der Waals surface area contributed by atoms with E-state index >= 15 is 0 Å². The number of aromatic nitrogens is 2. The Morgan fingerprint density at radius 3 is 2.55 bits per heavy atom. The molecule has 3 aromatic carbocycles. The van der Waals surface area contributed by atoms with E-state index in [2.05, 4.69) is 32.6 Å². The second-order valence-corrected chi connectivity index (χ2v) is 7.14. The first-order chi connectivity index (χ1) is 16.2. The van der Waals surface area contributed by atoms with Crippen LogP contribution in [0.3, 0.4) is 0 Å². The van der Waals surface area contributed by atoms with E-state index in [9.17, 15) is 10.1 Å². The van der Waals surface area contributed by atoms with E-state index in [4.69, 9.17) is 4.74 Å². The van der Waals surface area contributed by atoms with Crippen molar-refractivity contribution in [2.75, 3.05) is 12.0 Å². The Bertz CT molecular complexity index is 1340. The molecule has 0 atom stereocenters. The van der Waals surface area contributed by atoms with Gasteiger partial charge in [-0.2, -0.15) is 10.4 Å². The van der Waals surface area contributed by atoms with Gasteiger partial charge in [0.05, 0.1) is 18.5 Å². The van der Waals surface area contributed by atoms with Crippen molar-refractivity contribution in [3.8, 4) is 23.1 Å². The summed E-state index contributed by atoms with van der Waals surface area (Å²) in [6.45, 7) is 0.571. The molecular formula is C26H21N5O2. The van der Waals surface area contributed by atoms with Gasteiger partial charge >= 0.3 is 0 Å². The van der Waals surface area contributed by atoms with Gasteiger partial charge in [-0.25, -0.2) is 10.4 Å². The zero-order valence-corrected chi connectivity index (χ0v) is 17.7. The SMILES string of the molecule is N#Cc1c(-c2ccccc2)nc(NN=Cc2cccc(OCCc3ccccc3)c2)[nH]c1=O. The first-order valence-corrected chi connectivity index (χ1v) is 10.4. The minimum atomic E-state index is -0.530. The van der Waals surface area contributed by atoms with Crippen molar-refractivity contribution in [3.63, 3.8) is 0 Å². The van der Waals surface area contributed by atoms with Crippen LogP contribution in [0.1, 0.15) is 16.7 Å². The van der Waals surface area contributed by atoms with Crippen molar-refractivity contribution in [2.24, 2.45) is 5.10 Å².